The summed E-state index contributed by atoms with van der Waals surface area (Å²) in [7, 11) is 0. The standard InChI is InChI=1S/C10H8BrF2NO2/c11-7-2-3-8(16-10(12)13)6(5-7)1-4-9(14)15/h1-5,10H,(H2,14,15)/b4-1-. The van der Waals surface area contributed by atoms with E-state index in [4.69, 9.17) is 5.73 Å². The van der Waals surface area contributed by atoms with Gasteiger partial charge in [0.05, 0.1) is 0 Å². The molecule has 1 aromatic carbocycles. The van der Waals surface area contributed by atoms with Crippen LogP contribution in [0.5, 0.6) is 5.75 Å². The lowest BCUT2D eigenvalue weighted by molar-refractivity contribution is -0.113. The number of primary amides is 1. The molecule has 0 heterocycles. The number of nitrogens with two attached hydrogens (primary N) is 1. The SMILES string of the molecule is NC(=O)/C=C\c1cc(Br)ccc1OC(F)F. The van der Waals surface area contributed by atoms with Crippen LogP contribution in [-0.2, 0) is 4.79 Å². The lowest BCUT2D eigenvalue weighted by atomic mass is 10.2. The van der Waals surface area contributed by atoms with Gasteiger partial charge in [-0.25, -0.2) is 0 Å². The molecule has 1 amide bonds. The van der Waals surface area contributed by atoms with Crippen LogP contribution >= 0.6 is 15.9 Å². The molecule has 3 nitrogen and oxygen atoms in total. The number of hydrogen-bond donors (Lipinski definition) is 1. The molecular weight excluding hydrogens is 284 g/mol. The Morgan fingerprint density at radius 2 is 2.19 bits per heavy atom. The summed E-state index contributed by atoms with van der Waals surface area (Å²) >= 11 is 3.18. The Morgan fingerprint density at radius 1 is 1.50 bits per heavy atom. The van der Waals surface area contributed by atoms with Crippen molar-refractivity contribution in [2.45, 2.75) is 6.61 Å². The Kier molecular flexibility index (Phi) is 4.42. The Morgan fingerprint density at radius 3 is 2.75 bits per heavy atom. The highest BCUT2D eigenvalue weighted by molar-refractivity contribution is 9.10. The number of rotatable bonds is 4. The van der Waals surface area contributed by atoms with E-state index in [9.17, 15) is 13.6 Å². The van der Waals surface area contributed by atoms with Crippen molar-refractivity contribution < 1.29 is 18.3 Å². The van der Waals surface area contributed by atoms with Crippen molar-refractivity contribution >= 4 is 27.9 Å². The summed E-state index contributed by atoms with van der Waals surface area (Å²) in [5.74, 6) is -0.682. The first kappa shape index (κ1) is 12.6. The summed E-state index contributed by atoms with van der Waals surface area (Å²) in [4.78, 5) is 10.5. The summed E-state index contributed by atoms with van der Waals surface area (Å²) in [6.07, 6.45) is 2.38. The summed E-state index contributed by atoms with van der Waals surface area (Å²) in [5, 5.41) is 0. The molecule has 0 fully saturated rings. The van der Waals surface area contributed by atoms with Gasteiger partial charge in [-0.3, -0.25) is 4.79 Å². The first-order valence-electron chi connectivity index (χ1n) is 4.21. The third kappa shape index (κ3) is 3.98. The second kappa shape index (κ2) is 5.60. The maximum absolute atomic E-state index is 12.1. The molecule has 6 heteroatoms. The third-order valence-corrected chi connectivity index (χ3v) is 2.11. The number of benzene rings is 1. The van der Waals surface area contributed by atoms with E-state index >= 15 is 0 Å². The topological polar surface area (TPSA) is 52.3 Å². The molecule has 0 atom stereocenters. The van der Waals surface area contributed by atoms with Crippen LogP contribution in [0, 0.1) is 0 Å². The molecule has 0 radical (unpaired) electrons. The molecule has 0 spiro atoms. The highest BCUT2D eigenvalue weighted by Crippen LogP contribution is 2.25. The fourth-order valence-electron chi connectivity index (χ4n) is 1.02. The Balaban J connectivity index is 3.03. The molecule has 16 heavy (non-hydrogen) atoms. The molecule has 0 unspecified atom stereocenters. The second-order valence-electron chi connectivity index (χ2n) is 2.80. The van der Waals surface area contributed by atoms with Gasteiger partial charge in [-0.15, -0.1) is 0 Å². The van der Waals surface area contributed by atoms with Crippen LogP contribution in [0.3, 0.4) is 0 Å². The van der Waals surface area contributed by atoms with E-state index < -0.39 is 12.5 Å². The van der Waals surface area contributed by atoms with Crippen LogP contribution in [-0.4, -0.2) is 12.5 Å². The highest BCUT2D eigenvalue weighted by atomic mass is 79.9. The average molecular weight is 292 g/mol. The predicted molar refractivity (Wildman–Crippen MR) is 59.0 cm³/mol. The van der Waals surface area contributed by atoms with Crippen molar-refractivity contribution in [2.24, 2.45) is 5.73 Å². The monoisotopic (exact) mass is 291 g/mol. The second-order valence-corrected chi connectivity index (χ2v) is 3.71. The average Bonchev–Trinajstić information content (AvgIpc) is 2.17. The molecule has 0 aliphatic rings. The van der Waals surface area contributed by atoms with Crippen molar-refractivity contribution in [3.8, 4) is 5.75 Å². The van der Waals surface area contributed by atoms with E-state index in [1.165, 1.54) is 18.2 Å². The number of carbonyl (C=O) groups is 1. The summed E-state index contributed by atoms with van der Waals surface area (Å²) in [6, 6.07) is 4.47. The van der Waals surface area contributed by atoms with E-state index in [2.05, 4.69) is 20.7 Å². The molecule has 0 bridgehead atoms. The summed E-state index contributed by atoms with van der Waals surface area (Å²) in [6.45, 7) is -2.91. The normalized spacial score (nSPS) is 11.0. The minimum Gasteiger partial charge on any atom is -0.434 e. The van der Waals surface area contributed by atoms with Crippen molar-refractivity contribution in [1.29, 1.82) is 0 Å². The van der Waals surface area contributed by atoms with Gasteiger partial charge in [0, 0.05) is 16.1 Å². The van der Waals surface area contributed by atoms with Gasteiger partial charge in [0.15, 0.2) is 0 Å². The lowest BCUT2D eigenvalue weighted by Gasteiger charge is -2.08. The number of amides is 1. The maximum Gasteiger partial charge on any atom is 0.387 e. The number of ether oxygens (including phenoxy) is 1. The molecule has 86 valence electrons. The number of halogens is 3. The smallest absolute Gasteiger partial charge is 0.387 e. The number of carbonyl (C=O) groups excluding carboxylic acids is 1. The fourth-order valence-corrected chi connectivity index (χ4v) is 1.40. The van der Waals surface area contributed by atoms with Gasteiger partial charge in [0.2, 0.25) is 5.91 Å². The van der Waals surface area contributed by atoms with Gasteiger partial charge in [-0.1, -0.05) is 15.9 Å². The van der Waals surface area contributed by atoms with Gasteiger partial charge < -0.3 is 10.5 Å². The van der Waals surface area contributed by atoms with E-state index in [-0.39, 0.29) is 5.75 Å². The van der Waals surface area contributed by atoms with Crippen LogP contribution in [0.4, 0.5) is 8.78 Å². The molecule has 0 aliphatic heterocycles. The first-order chi connectivity index (χ1) is 7.49. The van der Waals surface area contributed by atoms with E-state index in [0.717, 1.165) is 6.08 Å². The molecule has 1 rings (SSSR count). The van der Waals surface area contributed by atoms with Gasteiger partial charge in [0.1, 0.15) is 5.75 Å². The molecule has 0 aromatic heterocycles. The van der Waals surface area contributed by atoms with Crippen molar-refractivity contribution in [3.05, 3.63) is 34.3 Å². The molecule has 0 aliphatic carbocycles. The van der Waals surface area contributed by atoms with Gasteiger partial charge >= 0.3 is 6.61 Å². The van der Waals surface area contributed by atoms with Gasteiger partial charge in [0.25, 0.3) is 0 Å². The zero-order chi connectivity index (χ0) is 12.1. The first-order valence-corrected chi connectivity index (χ1v) is 5.00. The fraction of sp³-hybridized carbons (Fsp3) is 0.100. The molecule has 0 saturated heterocycles. The zero-order valence-corrected chi connectivity index (χ0v) is 9.58. The molecule has 2 N–H and O–H groups in total. The molecule has 0 saturated carbocycles. The summed E-state index contributed by atoms with van der Waals surface area (Å²) < 4.78 is 29.1. The quantitative estimate of drug-likeness (QED) is 0.867. The Hall–Kier alpha value is -1.43. The van der Waals surface area contributed by atoms with Gasteiger partial charge in [-0.05, 0) is 24.3 Å². The maximum atomic E-state index is 12.1. The van der Waals surface area contributed by atoms with Crippen LogP contribution in [0.15, 0.2) is 28.7 Å². The summed E-state index contributed by atoms with van der Waals surface area (Å²) in [5.41, 5.74) is 5.24. The molecule has 1 aromatic rings. The Labute approximate surface area is 99.0 Å². The largest absolute Gasteiger partial charge is 0.434 e. The highest BCUT2D eigenvalue weighted by Gasteiger charge is 2.08. The van der Waals surface area contributed by atoms with Crippen LogP contribution in [0.25, 0.3) is 6.08 Å². The van der Waals surface area contributed by atoms with Crippen LogP contribution in [0.1, 0.15) is 5.56 Å². The zero-order valence-electron chi connectivity index (χ0n) is 7.99. The number of hydrogen-bond acceptors (Lipinski definition) is 2. The van der Waals surface area contributed by atoms with Crippen molar-refractivity contribution in [3.63, 3.8) is 0 Å². The third-order valence-electron chi connectivity index (χ3n) is 1.62. The van der Waals surface area contributed by atoms with E-state index in [1.54, 1.807) is 6.07 Å². The van der Waals surface area contributed by atoms with E-state index in [0.29, 0.717) is 10.0 Å². The van der Waals surface area contributed by atoms with Crippen LogP contribution < -0.4 is 10.5 Å². The number of alkyl halides is 2. The minimum absolute atomic E-state index is 0.0179. The molecular formula is C10H8BrF2NO2. The predicted octanol–water partition coefficient (Wildman–Crippen LogP) is 2.55. The minimum atomic E-state index is -2.91. The van der Waals surface area contributed by atoms with Crippen molar-refractivity contribution in [2.75, 3.05) is 0 Å². The lowest BCUT2D eigenvalue weighted by Crippen LogP contribution is -2.06. The Bertz CT molecular complexity index is 421. The van der Waals surface area contributed by atoms with E-state index in [1.807, 2.05) is 0 Å². The van der Waals surface area contributed by atoms with Gasteiger partial charge in [-0.2, -0.15) is 8.78 Å². The van der Waals surface area contributed by atoms with Crippen molar-refractivity contribution in [1.82, 2.24) is 0 Å². The van der Waals surface area contributed by atoms with Crippen LogP contribution in [0.2, 0.25) is 0 Å².